The van der Waals surface area contributed by atoms with Crippen molar-refractivity contribution >= 4 is 5.91 Å². The first-order chi connectivity index (χ1) is 16.7. The molecular weight excluding hydrogens is 424 g/mol. The molecule has 2 aromatic carbocycles. The van der Waals surface area contributed by atoms with E-state index in [1.54, 1.807) is 7.11 Å². The number of carbonyl (C=O) groups excluding carboxylic acids is 1. The first-order valence-electron chi connectivity index (χ1n) is 12.6. The van der Waals surface area contributed by atoms with Crippen LogP contribution in [-0.2, 0) is 0 Å². The Morgan fingerprint density at radius 3 is 2.50 bits per heavy atom. The number of hydrogen-bond acceptors (Lipinski definition) is 5. The second kappa shape index (κ2) is 10.3. The number of carbonyl (C=O) groups is 1. The van der Waals surface area contributed by atoms with Crippen molar-refractivity contribution < 1.29 is 9.53 Å². The Hall–Kier alpha value is -2.67. The van der Waals surface area contributed by atoms with Gasteiger partial charge in [-0.1, -0.05) is 36.8 Å². The minimum absolute atomic E-state index is 0.0225. The van der Waals surface area contributed by atoms with Gasteiger partial charge in [-0.25, -0.2) is 5.01 Å². The van der Waals surface area contributed by atoms with Gasteiger partial charge in [0.1, 0.15) is 5.75 Å². The summed E-state index contributed by atoms with van der Waals surface area (Å²) in [5.41, 5.74) is 6.21. The molecule has 1 amide bonds. The number of hydrogen-bond donors (Lipinski definition) is 1. The summed E-state index contributed by atoms with van der Waals surface area (Å²) in [6.07, 6.45) is 6.82. The molecule has 0 aromatic heterocycles. The topological polar surface area (TPSA) is 48.0 Å². The molecule has 4 aliphatic heterocycles. The number of hydrazine groups is 1. The summed E-state index contributed by atoms with van der Waals surface area (Å²) in [4.78, 5) is 18.0. The monoisotopic (exact) mass is 460 g/mol. The van der Waals surface area contributed by atoms with Crippen molar-refractivity contribution in [2.75, 3.05) is 39.8 Å². The van der Waals surface area contributed by atoms with Gasteiger partial charge in [0.25, 0.3) is 5.91 Å². The largest absolute Gasteiger partial charge is 0.497 e. The molecule has 0 saturated carbocycles. The third-order valence-corrected chi connectivity index (χ3v) is 7.59. The Labute approximate surface area is 203 Å². The summed E-state index contributed by atoms with van der Waals surface area (Å²) in [5, 5.41) is 2.05. The van der Waals surface area contributed by atoms with Crippen LogP contribution >= 0.6 is 0 Å². The molecule has 6 heteroatoms. The number of ether oxygens (including phenoxy) is 1. The van der Waals surface area contributed by atoms with Crippen LogP contribution in [0.4, 0.5) is 0 Å². The molecule has 4 saturated heterocycles. The molecule has 2 aromatic rings. The molecule has 3 atom stereocenters. The van der Waals surface area contributed by atoms with Crippen molar-refractivity contribution in [2.45, 2.75) is 43.8 Å². The minimum atomic E-state index is -0.0225. The molecule has 180 valence electrons. The number of nitrogens with one attached hydrogen (secondary N) is 1. The third kappa shape index (κ3) is 4.76. The molecule has 4 aliphatic rings. The van der Waals surface area contributed by atoms with Crippen molar-refractivity contribution in [1.82, 2.24) is 20.2 Å². The van der Waals surface area contributed by atoms with Gasteiger partial charge in [-0.15, -0.1) is 6.58 Å². The molecule has 0 aliphatic carbocycles. The van der Waals surface area contributed by atoms with E-state index in [0.29, 0.717) is 17.6 Å². The lowest BCUT2D eigenvalue weighted by Crippen LogP contribution is -2.68. The normalized spacial score (nSPS) is 24.1. The van der Waals surface area contributed by atoms with Crippen LogP contribution in [0.3, 0.4) is 0 Å². The van der Waals surface area contributed by atoms with Crippen LogP contribution in [-0.4, -0.2) is 72.6 Å². The quantitative estimate of drug-likeness (QED) is 0.607. The van der Waals surface area contributed by atoms with E-state index in [1.807, 2.05) is 29.3 Å². The number of rotatable bonds is 8. The first-order valence-corrected chi connectivity index (χ1v) is 12.6. The van der Waals surface area contributed by atoms with E-state index in [2.05, 4.69) is 52.1 Å². The Balaban J connectivity index is 1.37. The fraction of sp³-hybridized carbons (Fsp3) is 0.464. The number of amides is 1. The molecule has 0 spiro atoms. The summed E-state index contributed by atoms with van der Waals surface area (Å²) < 4.78 is 5.53. The molecule has 3 unspecified atom stereocenters. The molecule has 34 heavy (non-hydrogen) atoms. The van der Waals surface area contributed by atoms with Gasteiger partial charge in [0, 0.05) is 50.4 Å². The van der Waals surface area contributed by atoms with E-state index in [0.717, 1.165) is 51.3 Å². The second-order valence-electron chi connectivity index (χ2n) is 9.77. The highest BCUT2D eigenvalue weighted by atomic mass is 16.5. The van der Waals surface area contributed by atoms with Gasteiger partial charge >= 0.3 is 0 Å². The van der Waals surface area contributed by atoms with Crippen LogP contribution < -0.4 is 10.2 Å². The zero-order valence-corrected chi connectivity index (χ0v) is 20.2. The highest BCUT2D eigenvalue weighted by Gasteiger charge is 2.45. The predicted molar refractivity (Wildman–Crippen MR) is 135 cm³/mol. The number of piperazine rings is 1. The maximum Gasteiger partial charge on any atom is 0.265 e. The number of piperidine rings is 2. The molecule has 2 bridgehead atoms. The summed E-state index contributed by atoms with van der Waals surface area (Å²) >= 11 is 0. The van der Waals surface area contributed by atoms with Gasteiger partial charge in [-0.2, -0.15) is 0 Å². The lowest BCUT2D eigenvalue weighted by molar-refractivity contribution is -0.0706. The molecular formula is C28H36N4O2. The highest BCUT2D eigenvalue weighted by molar-refractivity contribution is 5.93. The standard InChI is InChI=1S/C28H36N4O2/c1-3-14-32-24-18-25(32)20-30(19-24)27(23-8-7-9-26(17-23)34-2)21-10-12-22(13-11-21)28(33)29-31-15-5-4-6-16-31/h3,7-13,17,24-25,27H,1,4-6,14-16,18-20H2,2H3,(H,29,33). The van der Waals surface area contributed by atoms with Gasteiger partial charge in [-0.05, 0) is 54.7 Å². The molecule has 4 fully saturated rings. The summed E-state index contributed by atoms with van der Waals surface area (Å²) in [7, 11) is 1.72. The van der Waals surface area contributed by atoms with E-state index in [4.69, 9.17) is 4.74 Å². The Kier molecular flexibility index (Phi) is 6.99. The Bertz CT molecular complexity index is 990. The van der Waals surface area contributed by atoms with Gasteiger partial charge < -0.3 is 4.74 Å². The second-order valence-corrected chi connectivity index (χ2v) is 9.77. The summed E-state index contributed by atoms with van der Waals surface area (Å²) in [6.45, 7) is 8.83. The van der Waals surface area contributed by atoms with Gasteiger partial charge in [0.2, 0.25) is 0 Å². The summed E-state index contributed by atoms with van der Waals surface area (Å²) in [6, 6.07) is 17.9. The van der Waals surface area contributed by atoms with Crippen molar-refractivity contribution in [3.8, 4) is 5.75 Å². The van der Waals surface area contributed by atoms with E-state index in [-0.39, 0.29) is 11.9 Å². The van der Waals surface area contributed by atoms with E-state index < -0.39 is 0 Å². The number of nitrogens with zero attached hydrogens (tertiary/aromatic N) is 3. The van der Waals surface area contributed by atoms with Crippen molar-refractivity contribution in [3.63, 3.8) is 0 Å². The number of benzene rings is 2. The average molecular weight is 461 g/mol. The Morgan fingerprint density at radius 1 is 1.09 bits per heavy atom. The summed E-state index contributed by atoms with van der Waals surface area (Å²) in [5.74, 6) is 0.848. The fourth-order valence-corrected chi connectivity index (χ4v) is 5.83. The first kappa shape index (κ1) is 23.1. The zero-order chi connectivity index (χ0) is 23.5. The third-order valence-electron chi connectivity index (χ3n) is 7.59. The molecule has 1 N–H and O–H groups in total. The van der Waals surface area contributed by atoms with Crippen LogP contribution in [0.5, 0.6) is 5.75 Å². The number of methoxy groups -OCH3 is 1. The lowest BCUT2D eigenvalue weighted by Gasteiger charge is -2.57. The van der Waals surface area contributed by atoms with E-state index in [9.17, 15) is 4.79 Å². The maximum atomic E-state index is 12.8. The molecule has 4 heterocycles. The van der Waals surface area contributed by atoms with Crippen LogP contribution in [0.2, 0.25) is 0 Å². The fourth-order valence-electron chi connectivity index (χ4n) is 5.83. The maximum absolute atomic E-state index is 12.8. The van der Waals surface area contributed by atoms with Crippen molar-refractivity contribution in [1.29, 1.82) is 0 Å². The SMILES string of the molecule is C=CCN1C2CC1CN(C(c1ccc(C(=O)NN3CCCCC3)cc1)c1cccc(OC)c1)C2. The average Bonchev–Trinajstić information content (AvgIpc) is 2.88. The molecule has 6 rings (SSSR count). The van der Waals surface area contributed by atoms with Crippen molar-refractivity contribution in [2.24, 2.45) is 0 Å². The smallest absolute Gasteiger partial charge is 0.265 e. The van der Waals surface area contributed by atoms with Crippen LogP contribution in [0.25, 0.3) is 0 Å². The van der Waals surface area contributed by atoms with E-state index >= 15 is 0 Å². The molecule has 0 radical (unpaired) electrons. The lowest BCUT2D eigenvalue weighted by atomic mass is 9.84. The number of fused-ring (bicyclic) bond motifs is 2. The predicted octanol–water partition coefficient (Wildman–Crippen LogP) is 3.86. The van der Waals surface area contributed by atoms with Crippen LogP contribution in [0.1, 0.15) is 53.2 Å². The Morgan fingerprint density at radius 2 is 1.82 bits per heavy atom. The van der Waals surface area contributed by atoms with E-state index in [1.165, 1.54) is 24.0 Å². The van der Waals surface area contributed by atoms with Crippen LogP contribution in [0.15, 0.2) is 61.2 Å². The highest BCUT2D eigenvalue weighted by Crippen LogP contribution is 2.39. The zero-order valence-electron chi connectivity index (χ0n) is 20.2. The van der Waals surface area contributed by atoms with Gasteiger partial charge in [0.15, 0.2) is 0 Å². The molecule has 6 nitrogen and oxygen atoms in total. The minimum Gasteiger partial charge on any atom is -0.497 e. The van der Waals surface area contributed by atoms with Crippen molar-refractivity contribution in [3.05, 3.63) is 77.9 Å². The van der Waals surface area contributed by atoms with Crippen LogP contribution in [0, 0.1) is 0 Å². The van der Waals surface area contributed by atoms with Gasteiger partial charge in [0.05, 0.1) is 13.2 Å². The van der Waals surface area contributed by atoms with Gasteiger partial charge in [-0.3, -0.25) is 20.0 Å².